The number of anilines is 1. The summed E-state index contributed by atoms with van der Waals surface area (Å²) in [5.74, 6) is 0. The third-order valence-electron chi connectivity index (χ3n) is 4.49. The van der Waals surface area contributed by atoms with Crippen LogP contribution in [-0.2, 0) is 12.8 Å². The monoisotopic (exact) mass is 294 g/mol. The minimum Gasteiger partial charge on any atom is -0.346 e. The van der Waals surface area contributed by atoms with Crippen LogP contribution in [0.4, 0.5) is 5.13 Å². The van der Waals surface area contributed by atoms with Gasteiger partial charge in [-0.05, 0) is 32.1 Å². The number of hydrogen-bond donors (Lipinski definition) is 1. The molecule has 1 aromatic rings. The van der Waals surface area contributed by atoms with Gasteiger partial charge in [0.15, 0.2) is 5.13 Å². The minimum atomic E-state index is 0.328. The third-order valence-corrected chi connectivity index (χ3v) is 5.71. The summed E-state index contributed by atoms with van der Waals surface area (Å²) >= 11 is 1.93. The van der Waals surface area contributed by atoms with Gasteiger partial charge in [-0.2, -0.15) is 0 Å². The predicted octanol–water partition coefficient (Wildman–Crippen LogP) is 1.88. The maximum absolute atomic E-state index is 6.05. The van der Waals surface area contributed by atoms with E-state index in [4.69, 9.17) is 10.7 Å². The van der Waals surface area contributed by atoms with Crippen molar-refractivity contribution in [3.05, 3.63) is 10.6 Å². The van der Waals surface area contributed by atoms with E-state index in [0.29, 0.717) is 6.04 Å². The zero-order chi connectivity index (χ0) is 13.9. The summed E-state index contributed by atoms with van der Waals surface area (Å²) in [6.07, 6.45) is 6.17. The van der Waals surface area contributed by atoms with Crippen LogP contribution in [0.1, 0.15) is 36.8 Å². The maximum Gasteiger partial charge on any atom is 0.185 e. The van der Waals surface area contributed by atoms with E-state index >= 15 is 0 Å². The molecule has 0 bridgehead atoms. The number of thiazole rings is 1. The summed E-state index contributed by atoms with van der Waals surface area (Å²) in [5, 5.41) is 1.26. The molecule has 2 N–H and O–H groups in total. The van der Waals surface area contributed by atoms with Crippen molar-refractivity contribution in [2.75, 3.05) is 37.6 Å². The molecule has 112 valence electrons. The summed E-state index contributed by atoms with van der Waals surface area (Å²) in [5.41, 5.74) is 7.43. The number of aryl methyl sites for hydroxylation is 2. The topological polar surface area (TPSA) is 45.4 Å². The van der Waals surface area contributed by atoms with E-state index in [1.807, 2.05) is 11.3 Å². The second-order valence-corrected chi connectivity index (χ2v) is 7.09. The van der Waals surface area contributed by atoms with Crippen LogP contribution in [0.3, 0.4) is 0 Å². The number of nitrogens with two attached hydrogens (primary N) is 1. The van der Waals surface area contributed by atoms with Crippen molar-refractivity contribution in [1.29, 1.82) is 0 Å². The van der Waals surface area contributed by atoms with Gasteiger partial charge in [0.25, 0.3) is 0 Å². The molecular formula is C15H26N4S. The van der Waals surface area contributed by atoms with Crippen LogP contribution in [0.25, 0.3) is 0 Å². The maximum atomic E-state index is 6.05. The van der Waals surface area contributed by atoms with Gasteiger partial charge in [0.05, 0.1) is 5.69 Å². The highest BCUT2D eigenvalue weighted by Crippen LogP contribution is 2.32. The summed E-state index contributed by atoms with van der Waals surface area (Å²) in [6, 6.07) is 0.328. The van der Waals surface area contributed by atoms with Gasteiger partial charge in [0.2, 0.25) is 0 Å². The lowest BCUT2D eigenvalue weighted by Gasteiger charge is -2.35. The van der Waals surface area contributed by atoms with Gasteiger partial charge in [-0.3, -0.25) is 4.90 Å². The second-order valence-electron chi connectivity index (χ2n) is 6.03. The standard InChI is InChI=1S/C15H26N4S/c1-2-12(16)11-18-7-9-19(10-8-18)15-17-13-5-3-4-6-14(13)20-15/h12H,2-11,16H2,1H3. The molecule has 0 saturated carbocycles. The molecule has 5 heteroatoms. The van der Waals surface area contributed by atoms with E-state index in [1.54, 1.807) is 4.88 Å². The highest BCUT2D eigenvalue weighted by Gasteiger charge is 2.23. The van der Waals surface area contributed by atoms with Crippen molar-refractivity contribution in [2.45, 2.75) is 45.1 Å². The fraction of sp³-hybridized carbons (Fsp3) is 0.800. The Morgan fingerprint density at radius 1 is 1.20 bits per heavy atom. The highest BCUT2D eigenvalue weighted by atomic mass is 32.1. The Hall–Kier alpha value is -0.650. The van der Waals surface area contributed by atoms with Crippen molar-refractivity contribution < 1.29 is 0 Å². The van der Waals surface area contributed by atoms with Crippen LogP contribution in [0.5, 0.6) is 0 Å². The fourth-order valence-electron chi connectivity index (χ4n) is 3.06. The quantitative estimate of drug-likeness (QED) is 0.921. The van der Waals surface area contributed by atoms with Crippen molar-refractivity contribution in [3.8, 4) is 0 Å². The van der Waals surface area contributed by atoms with Crippen molar-refractivity contribution >= 4 is 16.5 Å². The first-order chi connectivity index (χ1) is 9.76. The van der Waals surface area contributed by atoms with Gasteiger partial charge < -0.3 is 10.6 Å². The molecule has 1 aliphatic carbocycles. The molecule has 1 atom stereocenters. The number of aromatic nitrogens is 1. The first-order valence-corrected chi connectivity index (χ1v) is 8.79. The molecule has 2 aliphatic rings. The van der Waals surface area contributed by atoms with E-state index in [2.05, 4.69) is 16.7 Å². The Labute approximate surface area is 126 Å². The van der Waals surface area contributed by atoms with Crippen LogP contribution in [0.15, 0.2) is 0 Å². The molecule has 20 heavy (non-hydrogen) atoms. The summed E-state index contributed by atoms with van der Waals surface area (Å²) < 4.78 is 0. The third kappa shape index (κ3) is 3.15. The minimum absolute atomic E-state index is 0.328. The Morgan fingerprint density at radius 3 is 2.65 bits per heavy atom. The normalized spacial score (nSPS) is 21.8. The van der Waals surface area contributed by atoms with Gasteiger partial charge in [-0.15, -0.1) is 11.3 Å². The zero-order valence-electron chi connectivity index (χ0n) is 12.5. The Bertz CT molecular complexity index is 414. The van der Waals surface area contributed by atoms with E-state index in [1.165, 1.54) is 36.5 Å². The fourth-order valence-corrected chi connectivity index (χ4v) is 4.26. The Morgan fingerprint density at radius 2 is 1.95 bits per heavy atom. The van der Waals surface area contributed by atoms with Crippen LogP contribution in [-0.4, -0.2) is 48.6 Å². The molecule has 0 radical (unpaired) electrons. The second kappa shape index (κ2) is 6.41. The Kier molecular flexibility index (Phi) is 4.58. The smallest absolute Gasteiger partial charge is 0.185 e. The number of piperazine rings is 1. The summed E-state index contributed by atoms with van der Waals surface area (Å²) in [4.78, 5) is 11.4. The zero-order valence-corrected chi connectivity index (χ0v) is 13.3. The van der Waals surface area contributed by atoms with Crippen LogP contribution >= 0.6 is 11.3 Å². The van der Waals surface area contributed by atoms with Crippen LogP contribution in [0.2, 0.25) is 0 Å². The highest BCUT2D eigenvalue weighted by molar-refractivity contribution is 7.15. The summed E-state index contributed by atoms with van der Waals surface area (Å²) in [7, 11) is 0. The largest absolute Gasteiger partial charge is 0.346 e. The molecule has 4 nitrogen and oxygen atoms in total. The first-order valence-electron chi connectivity index (χ1n) is 7.97. The first kappa shape index (κ1) is 14.3. The molecule has 0 aromatic carbocycles. The molecule has 1 aromatic heterocycles. The van der Waals surface area contributed by atoms with Crippen molar-refractivity contribution in [2.24, 2.45) is 5.73 Å². The SMILES string of the molecule is CCC(N)CN1CCN(c2nc3c(s2)CCCC3)CC1. The van der Waals surface area contributed by atoms with Crippen LogP contribution < -0.4 is 10.6 Å². The molecule has 2 heterocycles. The molecule has 1 unspecified atom stereocenters. The molecule has 1 fully saturated rings. The van der Waals surface area contributed by atoms with Gasteiger partial charge in [-0.1, -0.05) is 6.92 Å². The van der Waals surface area contributed by atoms with E-state index in [9.17, 15) is 0 Å². The van der Waals surface area contributed by atoms with Gasteiger partial charge in [0, 0.05) is 43.6 Å². The van der Waals surface area contributed by atoms with Crippen molar-refractivity contribution in [3.63, 3.8) is 0 Å². The predicted molar refractivity (Wildman–Crippen MR) is 85.7 cm³/mol. The number of fused-ring (bicyclic) bond motifs is 1. The van der Waals surface area contributed by atoms with Gasteiger partial charge >= 0.3 is 0 Å². The number of hydrogen-bond acceptors (Lipinski definition) is 5. The van der Waals surface area contributed by atoms with Gasteiger partial charge in [-0.25, -0.2) is 4.98 Å². The lowest BCUT2D eigenvalue weighted by Crippen LogP contribution is -2.49. The molecule has 3 rings (SSSR count). The Balaban J connectivity index is 1.56. The number of nitrogens with zero attached hydrogens (tertiary/aromatic N) is 3. The van der Waals surface area contributed by atoms with Gasteiger partial charge in [0.1, 0.15) is 0 Å². The lowest BCUT2D eigenvalue weighted by atomic mass is 10.0. The van der Waals surface area contributed by atoms with Crippen molar-refractivity contribution in [1.82, 2.24) is 9.88 Å². The average Bonchev–Trinajstić information content (AvgIpc) is 2.91. The van der Waals surface area contributed by atoms with E-state index in [-0.39, 0.29) is 0 Å². The van der Waals surface area contributed by atoms with E-state index in [0.717, 1.165) is 39.1 Å². The molecule has 1 saturated heterocycles. The molecule has 0 spiro atoms. The van der Waals surface area contributed by atoms with Crippen LogP contribution in [0, 0.1) is 0 Å². The van der Waals surface area contributed by atoms with E-state index < -0.39 is 0 Å². The lowest BCUT2D eigenvalue weighted by molar-refractivity contribution is 0.240. The average molecular weight is 294 g/mol. The summed E-state index contributed by atoms with van der Waals surface area (Å²) in [6.45, 7) is 7.65. The molecule has 0 amide bonds. The molecular weight excluding hydrogens is 268 g/mol. The number of rotatable bonds is 4. The molecule has 1 aliphatic heterocycles.